The number of alkyl halides is 3. The number of hydrogen-bond donors (Lipinski definition) is 1. The SMILES string of the molecule is Cc1nn(Cc2ccc(C(F)(F)F)cc2)c(C)c1C(C)O. The third-order valence-electron chi connectivity index (χ3n) is 3.47. The molecule has 0 fully saturated rings. The van der Waals surface area contributed by atoms with Crippen molar-refractivity contribution in [1.82, 2.24) is 9.78 Å². The van der Waals surface area contributed by atoms with Gasteiger partial charge in [-0.15, -0.1) is 0 Å². The number of halogens is 3. The Kier molecular flexibility index (Phi) is 4.09. The van der Waals surface area contributed by atoms with Crippen LogP contribution in [0.4, 0.5) is 13.2 Å². The average molecular weight is 298 g/mol. The monoisotopic (exact) mass is 298 g/mol. The van der Waals surface area contributed by atoms with Crippen LogP contribution in [-0.2, 0) is 12.7 Å². The first kappa shape index (κ1) is 15.6. The highest BCUT2D eigenvalue weighted by molar-refractivity contribution is 5.29. The fourth-order valence-corrected chi connectivity index (χ4v) is 2.44. The van der Waals surface area contributed by atoms with Crippen LogP contribution in [0.3, 0.4) is 0 Å². The first-order valence-corrected chi connectivity index (χ1v) is 6.58. The first-order chi connectivity index (χ1) is 9.70. The number of benzene rings is 1. The van der Waals surface area contributed by atoms with E-state index in [1.54, 1.807) is 18.5 Å². The maximum Gasteiger partial charge on any atom is 0.416 e. The predicted octanol–water partition coefficient (Wildman–Crippen LogP) is 3.62. The van der Waals surface area contributed by atoms with Crippen molar-refractivity contribution in [3.05, 3.63) is 52.3 Å². The predicted molar refractivity (Wildman–Crippen MR) is 72.9 cm³/mol. The maximum atomic E-state index is 12.5. The highest BCUT2D eigenvalue weighted by Gasteiger charge is 2.29. The van der Waals surface area contributed by atoms with E-state index in [0.29, 0.717) is 6.54 Å². The summed E-state index contributed by atoms with van der Waals surface area (Å²) in [7, 11) is 0. The molecular weight excluding hydrogens is 281 g/mol. The summed E-state index contributed by atoms with van der Waals surface area (Å²) in [4.78, 5) is 0. The lowest BCUT2D eigenvalue weighted by Gasteiger charge is -2.09. The van der Waals surface area contributed by atoms with Crippen LogP contribution in [0, 0.1) is 13.8 Å². The minimum absolute atomic E-state index is 0.373. The van der Waals surface area contributed by atoms with E-state index in [-0.39, 0.29) is 0 Å². The van der Waals surface area contributed by atoms with Gasteiger partial charge in [0.15, 0.2) is 0 Å². The third-order valence-corrected chi connectivity index (χ3v) is 3.47. The molecule has 1 aromatic carbocycles. The highest BCUT2D eigenvalue weighted by atomic mass is 19.4. The number of aliphatic hydroxyl groups is 1. The van der Waals surface area contributed by atoms with Crippen LogP contribution in [0.15, 0.2) is 24.3 Å². The second kappa shape index (κ2) is 5.52. The van der Waals surface area contributed by atoms with Crippen LogP contribution in [0.2, 0.25) is 0 Å². The molecule has 6 heteroatoms. The Hall–Kier alpha value is -1.82. The van der Waals surface area contributed by atoms with Crippen LogP contribution in [-0.4, -0.2) is 14.9 Å². The molecule has 2 aromatic rings. The van der Waals surface area contributed by atoms with Crippen molar-refractivity contribution in [2.24, 2.45) is 0 Å². The van der Waals surface area contributed by atoms with E-state index in [1.807, 2.05) is 6.92 Å². The molecule has 0 saturated carbocycles. The van der Waals surface area contributed by atoms with E-state index < -0.39 is 17.8 Å². The summed E-state index contributed by atoms with van der Waals surface area (Å²) in [6.45, 7) is 5.68. The summed E-state index contributed by atoms with van der Waals surface area (Å²) in [6.07, 6.45) is -4.94. The number of rotatable bonds is 3. The van der Waals surface area contributed by atoms with Gasteiger partial charge in [0.25, 0.3) is 0 Å². The Morgan fingerprint density at radius 2 is 1.76 bits per heavy atom. The van der Waals surface area contributed by atoms with Crippen molar-refractivity contribution in [2.45, 2.75) is 39.6 Å². The van der Waals surface area contributed by atoms with Crippen molar-refractivity contribution in [2.75, 3.05) is 0 Å². The van der Waals surface area contributed by atoms with Crippen LogP contribution in [0.25, 0.3) is 0 Å². The van der Waals surface area contributed by atoms with E-state index in [0.717, 1.165) is 34.6 Å². The number of aliphatic hydroxyl groups excluding tert-OH is 1. The summed E-state index contributed by atoms with van der Waals surface area (Å²) in [6, 6.07) is 5.02. The zero-order valence-corrected chi connectivity index (χ0v) is 12.1. The molecule has 1 N–H and O–H groups in total. The molecule has 1 heterocycles. The number of nitrogens with zero attached hydrogens (tertiary/aromatic N) is 2. The van der Waals surface area contributed by atoms with Crippen molar-refractivity contribution in [3.63, 3.8) is 0 Å². The summed E-state index contributed by atoms with van der Waals surface area (Å²) >= 11 is 0. The summed E-state index contributed by atoms with van der Waals surface area (Å²) in [5.74, 6) is 0. The maximum absolute atomic E-state index is 12.5. The van der Waals surface area contributed by atoms with E-state index in [2.05, 4.69) is 5.10 Å². The molecule has 0 aliphatic carbocycles. The van der Waals surface area contributed by atoms with Crippen molar-refractivity contribution in [1.29, 1.82) is 0 Å². The first-order valence-electron chi connectivity index (χ1n) is 6.58. The largest absolute Gasteiger partial charge is 0.416 e. The van der Waals surface area contributed by atoms with Crippen molar-refractivity contribution >= 4 is 0 Å². The molecule has 0 spiro atoms. The lowest BCUT2D eigenvalue weighted by Crippen LogP contribution is -2.07. The van der Waals surface area contributed by atoms with Gasteiger partial charge < -0.3 is 5.11 Å². The second-order valence-electron chi connectivity index (χ2n) is 5.11. The van der Waals surface area contributed by atoms with E-state index in [1.165, 1.54) is 12.1 Å². The van der Waals surface area contributed by atoms with Crippen LogP contribution in [0.1, 0.15) is 41.1 Å². The lowest BCUT2D eigenvalue weighted by atomic mass is 10.1. The molecule has 2 rings (SSSR count). The van der Waals surface area contributed by atoms with Crippen molar-refractivity contribution < 1.29 is 18.3 Å². The molecule has 3 nitrogen and oxygen atoms in total. The summed E-state index contributed by atoms with van der Waals surface area (Å²) in [5, 5.41) is 14.0. The molecule has 0 amide bonds. The molecule has 1 atom stereocenters. The Labute approximate surface area is 121 Å². The Bertz CT molecular complexity index is 628. The van der Waals surface area contributed by atoms with Gasteiger partial charge >= 0.3 is 6.18 Å². The quantitative estimate of drug-likeness (QED) is 0.940. The number of aromatic nitrogens is 2. The number of hydrogen-bond acceptors (Lipinski definition) is 2. The summed E-state index contributed by atoms with van der Waals surface area (Å²) in [5.41, 5.74) is 2.38. The highest BCUT2D eigenvalue weighted by Crippen LogP contribution is 2.29. The minimum atomic E-state index is -4.32. The lowest BCUT2D eigenvalue weighted by molar-refractivity contribution is -0.137. The van der Waals surface area contributed by atoms with Gasteiger partial charge in [-0.05, 0) is 38.5 Å². The Balaban J connectivity index is 2.25. The molecule has 21 heavy (non-hydrogen) atoms. The molecule has 1 aromatic heterocycles. The molecule has 0 aliphatic rings. The third kappa shape index (κ3) is 3.26. The molecule has 0 aliphatic heterocycles. The van der Waals surface area contributed by atoms with Crippen molar-refractivity contribution in [3.8, 4) is 0 Å². The van der Waals surface area contributed by atoms with Crippen LogP contribution >= 0.6 is 0 Å². The topological polar surface area (TPSA) is 38.0 Å². The standard InChI is InChI=1S/C15H17F3N2O/c1-9-14(11(3)21)10(2)20(19-9)8-12-4-6-13(7-5-12)15(16,17)18/h4-7,11,21H,8H2,1-3H3. The fraction of sp³-hybridized carbons (Fsp3) is 0.400. The average Bonchev–Trinajstić information content (AvgIpc) is 2.64. The minimum Gasteiger partial charge on any atom is -0.389 e. The molecular formula is C15H17F3N2O. The van der Waals surface area contributed by atoms with E-state index in [4.69, 9.17) is 0 Å². The zero-order chi connectivity index (χ0) is 15.8. The van der Waals surface area contributed by atoms with E-state index in [9.17, 15) is 18.3 Å². The molecule has 0 radical (unpaired) electrons. The summed E-state index contributed by atoms with van der Waals surface area (Å²) < 4.78 is 39.2. The zero-order valence-electron chi connectivity index (χ0n) is 12.1. The molecule has 0 saturated heterocycles. The van der Waals surface area contributed by atoms with Gasteiger partial charge in [-0.25, -0.2) is 0 Å². The van der Waals surface area contributed by atoms with Gasteiger partial charge in [-0.2, -0.15) is 18.3 Å². The molecule has 114 valence electrons. The second-order valence-corrected chi connectivity index (χ2v) is 5.11. The fourth-order valence-electron chi connectivity index (χ4n) is 2.44. The van der Waals surface area contributed by atoms with Gasteiger partial charge in [0, 0.05) is 11.3 Å². The number of aryl methyl sites for hydroxylation is 1. The van der Waals surface area contributed by atoms with E-state index >= 15 is 0 Å². The van der Waals surface area contributed by atoms with Gasteiger partial charge in [-0.1, -0.05) is 12.1 Å². The van der Waals surface area contributed by atoms with Gasteiger partial charge in [0.1, 0.15) is 0 Å². The van der Waals surface area contributed by atoms with Crippen LogP contribution < -0.4 is 0 Å². The molecule has 0 bridgehead atoms. The molecule has 1 unspecified atom stereocenters. The van der Waals surface area contributed by atoms with Gasteiger partial charge in [0.05, 0.1) is 23.9 Å². The Morgan fingerprint density at radius 3 is 2.19 bits per heavy atom. The van der Waals surface area contributed by atoms with Crippen LogP contribution in [0.5, 0.6) is 0 Å². The Morgan fingerprint density at radius 1 is 1.19 bits per heavy atom. The smallest absolute Gasteiger partial charge is 0.389 e. The van der Waals surface area contributed by atoms with Gasteiger partial charge in [-0.3, -0.25) is 4.68 Å². The van der Waals surface area contributed by atoms with Gasteiger partial charge in [0.2, 0.25) is 0 Å². The normalized spacial score (nSPS) is 13.5.